The summed E-state index contributed by atoms with van der Waals surface area (Å²) in [5, 5.41) is 4.43. The highest BCUT2D eigenvalue weighted by molar-refractivity contribution is 7.89. The van der Waals surface area contributed by atoms with E-state index in [9.17, 15) is 13.2 Å². The van der Waals surface area contributed by atoms with Gasteiger partial charge in [-0.1, -0.05) is 54.6 Å². The van der Waals surface area contributed by atoms with Crippen LogP contribution < -0.4 is 5.32 Å². The molecule has 1 heterocycles. The molecule has 0 radical (unpaired) electrons. The third kappa shape index (κ3) is 3.11. The zero-order valence-electron chi connectivity index (χ0n) is 14.9. The average molecular weight is 380 g/mol. The summed E-state index contributed by atoms with van der Waals surface area (Å²) in [6.07, 6.45) is 0.364. The van der Waals surface area contributed by atoms with Gasteiger partial charge in [-0.25, -0.2) is 8.42 Å². The Labute approximate surface area is 158 Å². The summed E-state index contributed by atoms with van der Waals surface area (Å²) < 4.78 is 28.2. The van der Waals surface area contributed by atoms with Gasteiger partial charge in [0.25, 0.3) is 0 Å². The maximum absolute atomic E-state index is 13.4. The molecule has 4 rings (SSSR count). The van der Waals surface area contributed by atoms with Gasteiger partial charge in [-0.2, -0.15) is 4.31 Å². The molecule has 0 aromatic heterocycles. The van der Waals surface area contributed by atoms with Crippen LogP contribution >= 0.6 is 0 Å². The summed E-state index contributed by atoms with van der Waals surface area (Å²) in [5.41, 5.74) is 1.94. The summed E-state index contributed by atoms with van der Waals surface area (Å²) in [4.78, 5) is 12.7. The van der Waals surface area contributed by atoms with Crippen molar-refractivity contribution >= 4 is 26.7 Å². The summed E-state index contributed by atoms with van der Waals surface area (Å²) in [6, 6.07) is 19.6. The maximum Gasteiger partial charge on any atom is 0.244 e. The average Bonchev–Trinajstić information content (AvgIpc) is 2.71. The Bertz CT molecular complexity index is 1120. The van der Waals surface area contributed by atoms with Crippen molar-refractivity contribution in [3.05, 3.63) is 77.9 Å². The minimum atomic E-state index is -3.83. The van der Waals surface area contributed by atoms with Gasteiger partial charge in [0.2, 0.25) is 15.9 Å². The number of rotatable bonds is 3. The smallest absolute Gasteiger partial charge is 0.244 e. The lowest BCUT2D eigenvalue weighted by Gasteiger charge is -2.34. The third-order valence-electron chi connectivity index (χ3n) is 5.08. The van der Waals surface area contributed by atoms with Crippen LogP contribution in [0.5, 0.6) is 0 Å². The van der Waals surface area contributed by atoms with Crippen molar-refractivity contribution < 1.29 is 13.2 Å². The van der Waals surface area contributed by atoms with Crippen LogP contribution in [0.2, 0.25) is 0 Å². The number of sulfonamides is 1. The van der Waals surface area contributed by atoms with E-state index in [0.717, 1.165) is 21.9 Å². The quantitative estimate of drug-likeness (QED) is 0.760. The zero-order chi connectivity index (χ0) is 19.0. The molecule has 0 saturated heterocycles. The highest BCUT2D eigenvalue weighted by Crippen LogP contribution is 2.30. The van der Waals surface area contributed by atoms with Crippen molar-refractivity contribution in [2.75, 3.05) is 7.05 Å². The minimum Gasteiger partial charge on any atom is -0.358 e. The molecule has 3 aromatic carbocycles. The van der Waals surface area contributed by atoms with Gasteiger partial charge in [0.15, 0.2) is 0 Å². The first-order valence-corrected chi connectivity index (χ1v) is 10.2. The van der Waals surface area contributed by atoms with E-state index in [1.165, 1.54) is 11.4 Å². The number of nitrogens with zero attached hydrogens (tertiary/aromatic N) is 1. The predicted molar refractivity (Wildman–Crippen MR) is 105 cm³/mol. The SMILES string of the molecule is CNC(=O)C1Cc2ccccc2CN1S(=O)(=O)c1ccc2ccccc2c1. The van der Waals surface area contributed by atoms with Gasteiger partial charge in [-0.05, 0) is 40.5 Å². The van der Waals surface area contributed by atoms with E-state index in [2.05, 4.69) is 5.32 Å². The summed E-state index contributed by atoms with van der Waals surface area (Å²) in [5.74, 6) is -0.297. The van der Waals surface area contributed by atoms with Crippen molar-refractivity contribution in [1.82, 2.24) is 9.62 Å². The third-order valence-corrected chi connectivity index (χ3v) is 6.93. The van der Waals surface area contributed by atoms with Crippen LogP contribution in [-0.4, -0.2) is 31.7 Å². The van der Waals surface area contributed by atoms with E-state index >= 15 is 0 Å². The molecule has 3 aromatic rings. The lowest BCUT2D eigenvalue weighted by atomic mass is 9.95. The topological polar surface area (TPSA) is 66.5 Å². The number of hydrogen-bond acceptors (Lipinski definition) is 3. The maximum atomic E-state index is 13.4. The monoisotopic (exact) mass is 380 g/mol. The van der Waals surface area contributed by atoms with E-state index in [1.54, 1.807) is 18.2 Å². The Hall–Kier alpha value is -2.70. The predicted octanol–water partition coefficient (Wildman–Crippen LogP) is 2.70. The van der Waals surface area contributed by atoms with Gasteiger partial charge in [-0.3, -0.25) is 4.79 Å². The second-order valence-corrected chi connectivity index (χ2v) is 8.55. The van der Waals surface area contributed by atoms with Crippen LogP contribution in [-0.2, 0) is 27.8 Å². The van der Waals surface area contributed by atoms with E-state index in [4.69, 9.17) is 0 Å². The van der Waals surface area contributed by atoms with Crippen LogP contribution in [0.1, 0.15) is 11.1 Å². The van der Waals surface area contributed by atoms with Crippen LogP contribution in [0.15, 0.2) is 71.6 Å². The number of hydrogen-bond donors (Lipinski definition) is 1. The zero-order valence-corrected chi connectivity index (χ0v) is 15.7. The highest BCUT2D eigenvalue weighted by atomic mass is 32.2. The van der Waals surface area contributed by atoms with E-state index in [0.29, 0.717) is 6.42 Å². The lowest BCUT2D eigenvalue weighted by molar-refractivity contribution is -0.124. The molecule has 1 atom stereocenters. The van der Waals surface area contributed by atoms with Crippen molar-refractivity contribution in [3.63, 3.8) is 0 Å². The molecule has 6 heteroatoms. The van der Waals surface area contributed by atoms with Crippen molar-refractivity contribution in [1.29, 1.82) is 0 Å². The number of carbonyl (C=O) groups excluding carboxylic acids is 1. The Morgan fingerprint density at radius 1 is 0.963 bits per heavy atom. The van der Waals surface area contributed by atoms with Crippen LogP contribution in [0.25, 0.3) is 10.8 Å². The molecular weight excluding hydrogens is 360 g/mol. The first-order chi connectivity index (χ1) is 13.0. The fourth-order valence-electron chi connectivity index (χ4n) is 3.60. The van der Waals surface area contributed by atoms with E-state index in [-0.39, 0.29) is 17.3 Å². The van der Waals surface area contributed by atoms with Gasteiger partial charge in [-0.15, -0.1) is 0 Å². The van der Waals surface area contributed by atoms with Gasteiger partial charge >= 0.3 is 0 Å². The normalized spacial score (nSPS) is 17.4. The Balaban J connectivity index is 1.80. The summed E-state index contributed by atoms with van der Waals surface area (Å²) in [6.45, 7) is 0.184. The number of nitrogens with one attached hydrogen (secondary N) is 1. The van der Waals surface area contributed by atoms with Gasteiger partial charge in [0.05, 0.1) is 4.90 Å². The second kappa shape index (κ2) is 6.79. The fourth-order valence-corrected chi connectivity index (χ4v) is 5.21. The molecule has 138 valence electrons. The Kier molecular flexibility index (Phi) is 4.45. The number of carbonyl (C=O) groups is 1. The molecule has 1 N–H and O–H groups in total. The molecule has 0 bridgehead atoms. The molecule has 0 spiro atoms. The molecule has 1 amide bonds. The van der Waals surface area contributed by atoms with E-state index < -0.39 is 16.1 Å². The van der Waals surface area contributed by atoms with Gasteiger partial charge in [0, 0.05) is 13.6 Å². The fraction of sp³-hybridized carbons (Fsp3) is 0.190. The Morgan fingerprint density at radius 3 is 2.37 bits per heavy atom. The van der Waals surface area contributed by atoms with Crippen LogP contribution in [0.4, 0.5) is 0 Å². The molecule has 5 nitrogen and oxygen atoms in total. The highest BCUT2D eigenvalue weighted by Gasteiger charge is 2.39. The molecule has 1 aliphatic rings. The van der Waals surface area contributed by atoms with Crippen molar-refractivity contribution in [3.8, 4) is 0 Å². The molecule has 1 aliphatic heterocycles. The molecular formula is C21H20N2O3S. The van der Waals surface area contributed by atoms with Crippen LogP contribution in [0, 0.1) is 0 Å². The van der Waals surface area contributed by atoms with E-state index in [1.807, 2.05) is 48.5 Å². The molecule has 0 saturated carbocycles. The standard InChI is InChI=1S/C21H20N2O3S/c1-22-21(24)20-13-17-8-4-5-9-18(17)14-23(20)27(25,26)19-11-10-15-6-2-3-7-16(15)12-19/h2-12,20H,13-14H2,1H3,(H,22,24). The minimum absolute atomic E-state index is 0.184. The number of benzene rings is 3. The first kappa shape index (κ1) is 17.7. The number of fused-ring (bicyclic) bond motifs is 2. The molecule has 27 heavy (non-hydrogen) atoms. The largest absolute Gasteiger partial charge is 0.358 e. The van der Waals surface area contributed by atoms with Crippen molar-refractivity contribution in [2.45, 2.75) is 23.9 Å². The van der Waals surface area contributed by atoms with Crippen LogP contribution in [0.3, 0.4) is 0 Å². The lowest BCUT2D eigenvalue weighted by Crippen LogP contribution is -2.51. The molecule has 0 fully saturated rings. The summed E-state index contributed by atoms with van der Waals surface area (Å²) in [7, 11) is -2.30. The molecule has 1 unspecified atom stereocenters. The van der Waals surface area contributed by atoms with Gasteiger partial charge < -0.3 is 5.32 Å². The first-order valence-electron chi connectivity index (χ1n) is 8.80. The molecule has 0 aliphatic carbocycles. The summed E-state index contributed by atoms with van der Waals surface area (Å²) >= 11 is 0. The van der Waals surface area contributed by atoms with Crippen molar-refractivity contribution in [2.24, 2.45) is 0 Å². The number of amides is 1. The number of likely N-dealkylation sites (N-methyl/N-ethyl adjacent to an activating group) is 1. The van der Waals surface area contributed by atoms with Gasteiger partial charge in [0.1, 0.15) is 6.04 Å². The Morgan fingerprint density at radius 2 is 1.63 bits per heavy atom. The second-order valence-electron chi connectivity index (χ2n) is 6.66.